The van der Waals surface area contributed by atoms with Crippen molar-refractivity contribution in [3.63, 3.8) is 0 Å². The van der Waals surface area contributed by atoms with Crippen molar-refractivity contribution in [2.45, 2.75) is 19.8 Å². The first-order valence-electron chi connectivity index (χ1n) is 3.29. The highest BCUT2D eigenvalue weighted by Crippen LogP contribution is 2.09. The van der Waals surface area contributed by atoms with Crippen LogP contribution in [-0.4, -0.2) is 0 Å². The molecule has 0 spiro atoms. The van der Waals surface area contributed by atoms with Gasteiger partial charge in [-0.15, -0.1) is 0 Å². The van der Waals surface area contributed by atoms with E-state index in [-0.39, 0.29) is 5.63 Å². The minimum Gasteiger partial charge on any atom is -0.431 e. The van der Waals surface area contributed by atoms with E-state index in [1.54, 1.807) is 0 Å². The van der Waals surface area contributed by atoms with Crippen molar-refractivity contribution in [1.82, 2.24) is 0 Å². The second kappa shape index (κ2) is 2.69. The second-order valence-electron chi connectivity index (χ2n) is 2.54. The quantitative estimate of drug-likeness (QED) is 0.592. The summed E-state index contributed by atoms with van der Waals surface area (Å²) in [5.74, 6) is 0.393. The molecule has 1 rings (SSSR count). The van der Waals surface area contributed by atoms with Crippen molar-refractivity contribution >= 4 is 0 Å². The minimum atomic E-state index is -0.272. The molecule has 0 N–H and O–H groups in total. The van der Waals surface area contributed by atoms with Crippen LogP contribution in [0.15, 0.2) is 27.6 Å². The molecule has 0 amide bonds. The van der Waals surface area contributed by atoms with E-state index in [9.17, 15) is 4.79 Å². The molecule has 0 aromatic carbocycles. The fourth-order valence-electron chi connectivity index (χ4n) is 0.757. The van der Waals surface area contributed by atoms with Gasteiger partial charge in [-0.2, -0.15) is 0 Å². The molecule has 0 aliphatic carbocycles. The molecule has 2 heteroatoms. The maximum atomic E-state index is 10.6. The van der Waals surface area contributed by atoms with Crippen LogP contribution in [0.4, 0.5) is 0 Å². The molecule has 0 fully saturated rings. The molecule has 0 atom stereocenters. The molecule has 10 heavy (non-hydrogen) atoms. The molecule has 1 aromatic rings. The third-order valence-corrected chi connectivity index (χ3v) is 1.40. The highest BCUT2D eigenvalue weighted by atomic mass is 16.4. The molecule has 0 aliphatic rings. The number of hydrogen-bond acceptors (Lipinski definition) is 2. The zero-order valence-electron chi connectivity index (χ0n) is 6.13. The Balaban J connectivity index is 3.07. The van der Waals surface area contributed by atoms with Gasteiger partial charge < -0.3 is 4.42 Å². The summed E-state index contributed by atoms with van der Waals surface area (Å²) < 4.78 is 4.56. The van der Waals surface area contributed by atoms with Crippen molar-refractivity contribution in [3.05, 3.63) is 34.4 Å². The maximum Gasteiger partial charge on any atom is 0.335 e. The van der Waals surface area contributed by atoms with Gasteiger partial charge in [-0.05, 0) is 17.5 Å². The van der Waals surface area contributed by atoms with E-state index < -0.39 is 0 Å². The lowest BCUT2D eigenvalue weighted by atomic mass is 10.1. The first kappa shape index (κ1) is 7.06. The molecule has 0 bridgehead atoms. The van der Waals surface area contributed by atoms with Gasteiger partial charge in [0.15, 0.2) is 0 Å². The first-order valence-corrected chi connectivity index (χ1v) is 3.29. The molecule has 0 unspecified atom stereocenters. The van der Waals surface area contributed by atoms with Gasteiger partial charge in [0.2, 0.25) is 0 Å². The Morgan fingerprint density at radius 2 is 2.20 bits per heavy atom. The summed E-state index contributed by atoms with van der Waals surface area (Å²) in [6, 6.07) is 3.33. The van der Waals surface area contributed by atoms with Gasteiger partial charge in [0.25, 0.3) is 0 Å². The van der Waals surface area contributed by atoms with E-state index >= 15 is 0 Å². The molecule has 0 radical (unpaired) electrons. The van der Waals surface area contributed by atoms with Crippen LogP contribution in [0.2, 0.25) is 0 Å². The predicted octanol–water partition coefficient (Wildman–Crippen LogP) is 1.76. The highest BCUT2D eigenvalue weighted by molar-refractivity contribution is 5.12. The SMILES string of the molecule is CC(C)c1ccoc(=O)c1. The molecular formula is C8H10O2. The predicted molar refractivity (Wildman–Crippen MR) is 39.1 cm³/mol. The van der Waals surface area contributed by atoms with Crippen LogP contribution >= 0.6 is 0 Å². The Bertz CT molecular complexity index is 260. The van der Waals surface area contributed by atoms with E-state index in [0.717, 1.165) is 5.56 Å². The first-order chi connectivity index (χ1) is 4.70. The third-order valence-electron chi connectivity index (χ3n) is 1.40. The van der Waals surface area contributed by atoms with E-state index in [2.05, 4.69) is 4.42 Å². The van der Waals surface area contributed by atoms with Gasteiger partial charge in [0, 0.05) is 6.07 Å². The summed E-state index contributed by atoms with van der Waals surface area (Å²) >= 11 is 0. The van der Waals surface area contributed by atoms with Crippen LogP contribution < -0.4 is 5.63 Å². The Morgan fingerprint density at radius 3 is 2.60 bits per heavy atom. The van der Waals surface area contributed by atoms with Crippen molar-refractivity contribution in [2.24, 2.45) is 0 Å². The summed E-state index contributed by atoms with van der Waals surface area (Å²) in [5.41, 5.74) is 0.752. The number of rotatable bonds is 1. The minimum absolute atomic E-state index is 0.272. The summed E-state index contributed by atoms with van der Waals surface area (Å²) in [7, 11) is 0. The number of hydrogen-bond donors (Lipinski definition) is 0. The Labute approximate surface area is 59.5 Å². The Hall–Kier alpha value is -1.05. The maximum absolute atomic E-state index is 10.6. The van der Waals surface area contributed by atoms with Gasteiger partial charge in [0.05, 0.1) is 6.26 Å². The molecule has 54 valence electrons. The van der Waals surface area contributed by atoms with Gasteiger partial charge in [-0.25, -0.2) is 4.79 Å². The second-order valence-corrected chi connectivity index (χ2v) is 2.54. The smallest absolute Gasteiger partial charge is 0.335 e. The van der Waals surface area contributed by atoms with E-state index in [0.29, 0.717) is 5.92 Å². The zero-order valence-corrected chi connectivity index (χ0v) is 6.13. The van der Waals surface area contributed by atoms with E-state index in [1.165, 1.54) is 12.3 Å². The van der Waals surface area contributed by atoms with Gasteiger partial charge >= 0.3 is 5.63 Å². The molecular weight excluding hydrogens is 128 g/mol. The molecule has 1 heterocycles. The molecule has 0 aliphatic heterocycles. The lowest BCUT2D eigenvalue weighted by Gasteiger charge is -2.00. The summed E-state index contributed by atoms with van der Waals surface area (Å²) in [4.78, 5) is 10.6. The lowest BCUT2D eigenvalue weighted by Crippen LogP contribution is -1.98. The highest BCUT2D eigenvalue weighted by Gasteiger charge is 1.97. The summed E-state index contributed by atoms with van der Waals surface area (Å²) in [6.45, 7) is 4.07. The monoisotopic (exact) mass is 138 g/mol. The van der Waals surface area contributed by atoms with Crippen molar-refractivity contribution in [1.29, 1.82) is 0 Å². The van der Waals surface area contributed by atoms with Crippen molar-refractivity contribution in [2.75, 3.05) is 0 Å². The molecule has 1 aromatic heterocycles. The van der Waals surface area contributed by atoms with Crippen molar-refractivity contribution < 1.29 is 4.42 Å². The lowest BCUT2D eigenvalue weighted by molar-refractivity contribution is 0.506. The van der Waals surface area contributed by atoms with Crippen molar-refractivity contribution in [3.8, 4) is 0 Å². The Morgan fingerprint density at radius 1 is 1.50 bits per heavy atom. The fraction of sp³-hybridized carbons (Fsp3) is 0.375. The largest absolute Gasteiger partial charge is 0.431 e. The fourth-order valence-corrected chi connectivity index (χ4v) is 0.757. The molecule has 2 nitrogen and oxygen atoms in total. The molecule has 0 saturated carbocycles. The van der Waals surface area contributed by atoms with Crippen LogP contribution in [0.3, 0.4) is 0 Å². The summed E-state index contributed by atoms with van der Waals surface area (Å²) in [6.07, 6.45) is 1.43. The average molecular weight is 138 g/mol. The zero-order chi connectivity index (χ0) is 7.56. The van der Waals surface area contributed by atoms with E-state index in [1.807, 2.05) is 19.9 Å². The topological polar surface area (TPSA) is 30.2 Å². The van der Waals surface area contributed by atoms with Crippen LogP contribution in [0.5, 0.6) is 0 Å². The standard InChI is InChI=1S/C8H10O2/c1-6(2)7-3-4-10-8(9)5-7/h3-6H,1-2H3. The Kier molecular flexibility index (Phi) is 1.90. The molecule has 0 saturated heterocycles. The normalized spacial score (nSPS) is 10.3. The summed E-state index contributed by atoms with van der Waals surface area (Å²) in [5, 5.41) is 0. The van der Waals surface area contributed by atoms with Gasteiger partial charge in [-0.3, -0.25) is 0 Å². The third kappa shape index (κ3) is 1.47. The van der Waals surface area contributed by atoms with Gasteiger partial charge in [-0.1, -0.05) is 13.8 Å². The van der Waals surface area contributed by atoms with Gasteiger partial charge in [0.1, 0.15) is 0 Å². The van der Waals surface area contributed by atoms with Crippen LogP contribution in [0.25, 0.3) is 0 Å². The average Bonchev–Trinajstić information content (AvgIpc) is 1.88. The van der Waals surface area contributed by atoms with Crippen LogP contribution in [0, 0.1) is 0 Å². The van der Waals surface area contributed by atoms with Crippen LogP contribution in [-0.2, 0) is 0 Å². The van der Waals surface area contributed by atoms with E-state index in [4.69, 9.17) is 0 Å². The van der Waals surface area contributed by atoms with Crippen LogP contribution in [0.1, 0.15) is 25.3 Å².